The molecule has 6 aromatic rings. The molecule has 114 valence electrons. The third kappa shape index (κ3) is 1.35. The highest BCUT2D eigenvalue weighted by Gasteiger charge is 2.18. The Labute approximate surface area is 140 Å². The van der Waals surface area contributed by atoms with Gasteiger partial charge in [-0.15, -0.1) is 11.3 Å². The van der Waals surface area contributed by atoms with Crippen LogP contribution in [-0.2, 0) is 7.05 Å². The molecule has 24 heavy (non-hydrogen) atoms. The number of thiophene rings is 1. The van der Waals surface area contributed by atoms with Crippen molar-refractivity contribution in [1.82, 2.24) is 18.9 Å². The number of benzene rings is 2. The van der Waals surface area contributed by atoms with Gasteiger partial charge in [0.25, 0.3) is 0 Å². The molecule has 0 aliphatic carbocycles. The van der Waals surface area contributed by atoms with Crippen LogP contribution in [0.4, 0.5) is 0 Å². The van der Waals surface area contributed by atoms with E-state index in [4.69, 9.17) is 4.98 Å². The molecule has 0 bridgehead atoms. The van der Waals surface area contributed by atoms with E-state index >= 15 is 0 Å². The molecule has 4 heterocycles. The summed E-state index contributed by atoms with van der Waals surface area (Å²) >= 11 is 1.74. The van der Waals surface area contributed by atoms with Crippen LogP contribution in [0.2, 0.25) is 0 Å². The molecule has 0 fully saturated rings. The lowest BCUT2D eigenvalue weighted by Gasteiger charge is -1.98. The van der Waals surface area contributed by atoms with Crippen LogP contribution in [0.15, 0.2) is 54.7 Å². The van der Waals surface area contributed by atoms with Crippen LogP contribution < -0.4 is 0 Å². The van der Waals surface area contributed by atoms with Crippen LogP contribution in [0, 0.1) is 0 Å². The Morgan fingerprint density at radius 1 is 0.958 bits per heavy atom. The van der Waals surface area contributed by atoms with Crippen molar-refractivity contribution in [1.29, 1.82) is 0 Å². The second-order valence-corrected chi connectivity index (χ2v) is 7.09. The molecule has 0 saturated carbocycles. The minimum absolute atomic E-state index is 0.974. The molecule has 0 N–H and O–H groups in total. The summed E-state index contributed by atoms with van der Waals surface area (Å²) in [6.45, 7) is 0. The lowest BCUT2D eigenvalue weighted by molar-refractivity contribution is 0.974. The van der Waals surface area contributed by atoms with E-state index in [0.717, 1.165) is 16.1 Å². The SMILES string of the molecule is Cn1c2ccccc2n2c3c(ccc4sc5ncccc5c43)nc12. The first-order chi connectivity index (χ1) is 11.8. The Bertz CT molecular complexity index is 1420. The molecule has 2 aromatic carbocycles. The van der Waals surface area contributed by atoms with Crippen molar-refractivity contribution in [3.63, 3.8) is 0 Å². The quantitative estimate of drug-likeness (QED) is 0.403. The number of nitrogens with zero attached hydrogens (tertiary/aromatic N) is 4. The molecule has 0 atom stereocenters. The van der Waals surface area contributed by atoms with E-state index in [1.54, 1.807) is 11.3 Å². The molecule has 0 amide bonds. The Kier molecular flexibility index (Phi) is 2.15. The lowest BCUT2D eigenvalue weighted by atomic mass is 10.1. The summed E-state index contributed by atoms with van der Waals surface area (Å²) < 4.78 is 5.70. The number of imidazole rings is 2. The smallest absolute Gasteiger partial charge is 0.215 e. The molecule has 6 rings (SSSR count). The maximum Gasteiger partial charge on any atom is 0.215 e. The number of rotatable bonds is 0. The predicted molar refractivity (Wildman–Crippen MR) is 99.9 cm³/mol. The summed E-state index contributed by atoms with van der Waals surface area (Å²) in [6.07, 6.45) is 1.86. The number of fused-ring (bicyclic) bond motifs is 9. The van der Waals surface area contributed by atoms with Crippen LogP contribution >= 0.6 is 11.3 Å². The van der Waals surface area contributed by atoms with Crippen LogP contribution in [0.3, 0.4) is 0 Å². The van der Waals surface area contributed by atoms with E-state index in [1.165, 1.54) is 32.0 Å². The molecular weight excluding hydrogens is 316 g/mol. The standard InChI is InChI=1S/C19H12N4S/c1-22-13-6-2-3-7-14(13)23-17-12(21-19(22)23)8-9-15-16(17)11-5-4-10-20-18(11)24-15/h2-10H,1H3. The van der Waals surface area contributed by atoms with Gasteiger partial charge in [0.15, 0.2) is 0 Å². The molecule has 4 nitrogen and oxygen atoms in total. The van der Waals surface area contributed by atoms with Gasteiger partial charge in [0, 0.05) is 28.7 Å². The fourth-order valence-corrected chi connectivity index (χ4v) is 4.79. The number of aromatic nitrogens is 4. The average Bonchev–Trinajstić information content (AvgIpc) is 3.25. The number of pyridine rings is 1. The van der Waals surface area contributed by atoms with Crippen molar-refractivity contribution >= 4 is 59.5 Å². The number of para-hydroxylation sites is 2. The van der Waals surface area contributed by atoms with Crippen molar-refractivity contribution in [3.8, 4) is 0 Å². The highest BCUT2D eigenvalue weighted by atomic mass is 32.1. The third-order valence-electron chi connectivity index (χ3n) is 4.79. The van der Waals surface area contributed by atoms with E-state index in [9.17, 15) is 0 Å². The second-order valence-electron chi connectivity index (χ2n) is 6.06. The zero-order valence-electron chi connectivity index (χ0n) is 12.9. The molecule has 0 radical (unpaired) electrons. The molecular formula is C19H12N4S. The van der Waals surface area contributed by atoms with Crippen molar-refractivity contribution in [3.05, 3.63) is 54.7 Å². The Hall–Kier alpha value is -2.92. The zero-order chi connectivity index (χ0) is 15.8. The van der Waals surface area contributed by atoms with Crippen LogP contribution in [0.1, 0.15) is 0 Å². The van der Waals surface area contributed by atoms with Gasteiger partial charge in [-0.3, -0.25) is 4.40 Å². The first kappa shape index (κ1) is 12.5. The molecule has 0 unspecified atom stereocenters. The molecule has 4 aromatic heterocycles. The molecule has 0 spiro atoms. The van der Waals surface area contributed by atoms with Crippen molar-refractivity contribution in [2.24, 2.45) is 7.05 Å². The number of aryl methyl sites for hydroxylation is 1. The van der Waals surface area contributed by atoms with Gasteiger partial charge in [-0.2, -0.15) is 0 Å². The van der Waals surface area contributed by atoms with Crippen molar-refractivity contribution in [2.45, 2.75) is 0 Å². The summed E-state index contributed by atoms with van der Waals surface area (Å²) in [5.41, 5.74) is 4.59. The first-order valence-electron chi connectivity index (χ1n) is 7.85. The van der Waals surface area contributed by atoms with Crippen LogP contribution in [-0.4, -0.2) is 18.9 Å². The molecule has 0 aliphatic rings. The normalized spacial score (nSPS) is 12.4. The van der Waals surface area contributed by atoms with E-state index < -0.39 is 0 Å². The van der Waals surface area contributed by atoms with E-state index in [1.807, 2.05) is 12.3 Å². The molecule has 5 heteroatoms. The van der Waals surface area contributed by atoms with Crippen LogP contribution in [0.5, 0.6) is 0 Å². The number of hydrogen-bond acceptors (Lipinski definition) is 3. The van der Waals surface area contributed by atoms with Gasteiger partial charge >= 0.3 is 0 Å². The minimum Gasteiger partial charge on any atom is -0.313 e. The fourth-order valence-electron chi connectivity index (χ4n) is 3.75. The van der Waals surface area contributed by atoms with Gasteiger partial charge in [0.05, 0.1) is 22.1 Å². The Balaban J connectivity index is 2.02. The summed E-state index contributed by atoms with van der Waals surface area (Å²) in [7, 11) is 2.08. The third-order valence-corrected chi connectivity index (χ3v) is 5.87. The lowest BCUT2D eigenvalue weighted by Crippen LogP contribution is -1.87. The van der Waals surface area contributed by atoms with E-state index in [-0.39, 0.29) is 0 Å². The predicted octanol–water partition coefficient (Wildman–Crippen LogP) is 4.74. The average molecular weight is 328 g/mol. The largest absolute Gasteiger partial charge is 0.313 e. The van der Waals surface area contributed by atoms with Gasteiger partial charge in [-0.05, 0) is 36.4 Å². The van der Waals surface area contributed by atoms with E-state index in [2.05, 4.69) is 63.5 Å². The fraction of sp³-hybridized carbons (Fsp3) is 0.0526. The molecule has 0 saturated heterocycles. The Morgan fingerprint density at radius 3 is 2.75 bits per heavy atom. The summed E-state index contributed by atoms with van der Waals surface area (Å²) in [5.74, 6) is 0.974. The van der Waals surface area contributed by atoms with Gasteiger partial charge in [-0.1, -0.05) is 12.1 Å². The summed E-state index contributed by atoms with van der Waals surface area (Å²) in [4.78, 5) is 10.5. The topological polar surface area (TPSA) is 35.1 Å². The monoisotopic (exact) mass is 328 g/mol. The maximum absolute atomic E-state index is 4.90. The molecule has 0 aliphatic heterocycles. The Morgan fingerprint density at radius 2 is 1.83 bits per heavy atom. The van der Waals surface area contributed by atoms with Crippen LogP contribution in [0.25, 0.3) is 48.1 Å². The van der Waals surface area contributed by atoms with Crippen molar-refractivity contribution < 1.29 is 0 Å². The minimum atomic E-state index is 0.974. The van der Waals surface area contributed by atoms with Gasteiger partial charge in [0.1, 0.15) is 4.83 Å². The summed E-state index contributed by atoms with van der Waals surface area (Å²) in [6, 6.07) is 16.9. The summed E-state index contributed by atoms with van der Waals surface area (Å²) in [5, 5.41) is 2.46. The zero-order valence-corrected chi connectivity index (χ0v) is 13.7. The highest BCUT2D eigenvalue weighted by molar-refractivity contribution is 7.25. The number of hydrogen-bond donors (Lipinski definition) is 0. The van der Waals surface area contributed by atoms with Gasteiger partial charge in [0.2, 0.25) is 5.78 Å². The second kappa shape index (κ2) is 4.13. The maximum atomic E-state index is 4.90. The van der Waals surface area contributed by atoms with Gasteiger partial charge < -0.3 is 4.57 Å². The van der Waals surface area contributed by atoms with E-state index in [0.29, 0.717) is 0 Å². The first-order valence-corrected chi connectivity index (χ1v) is 8.66. The highest BCUT2D eigenvalue weighted by Crippen LogP contribution is 2.38. The van der Waals surface area contributed by atoms with Crippen molar-refractivity contribution in [2.75, 3.05) is 0 Å². The van der Waals surface area contributed by atoms with Gasteiger partial charge in [-0.25, -0.2) is 9.97 Å².